The summed E-state index contributed by atoms with van der Waals surface area (Å²) in [6, 6.07) is 5.26. The highest BCUT2D eigenvalue weighted by atomic mass is 33.1. The van der Waals surface area contributed by atoms with E-state index in [1.165, 1.54) is 21.6 Å². The molecule has 2 aromatic rings. The second-order valence-corrected chi connectivity index (χ2v) is 7.10. The molecule has 2 heterocycles. The fraction of sp³-hybridized carbons (Fsp3) is 0.286. The van der Waals surface area contributed by atoms with Crippen molar-refractivity contribution in [2.75, 3.05) is 18.1 Å². The molecule has 2 rings (SSSR count). The molecule has 23 heavy (non-hydrogen) atoms. The van der Waals surface area contributed by atoms with Crippen molar-refractivity contribution in [2.24, 2.45) is 0 Å². The van der Waals surface area contributed by atoms with Crippen LogP contribution in [-0.4, -0.2) is 49.8 Å². The molecular weight excluding hydrogens is 336 g/mol. The normalized spacial score (nSPS) is 10.4. The first-order valence-electron chi connectivity index (χ1n) is 6.87. The van der Waals surface area contributed by atoms with E-state index in [0.717, 1.165) is 5.69 Å². The lowest BCUT2D eigenvalue weighted by molar-refractivity contribution is -0.136. The van der Waals surface area contributed by atoms with Crippen LogP contribution in [0.25, 0.3) is 5.69 Å². The number of aliphatic carboxylic acids is 1. The van der Waals surface area contributed by atoms with Crippen LogP contribution in [0, 0.1) is 0 Å². The molecule has 2 N–H and O–H groups in total. The third kappa shape index (κ3) is 5.95. The maximum Gasteiger partial charge on any atom is 0.304 e. The Morgan fingerprint density at radius 2 is 2.09 bits per heavy atom. The van der Waals surface area contributed by atoms with Crippen molar-refractivity contribution >= 4 is 33.5 Å². The van der Waals surface area contributed by atoms with E-state index in [0.29, 0.717) is 23.7 Å². The quantitative estimate of drug-likeness (QED) is 0.525. The number of carbonyl (C=O) groups excluding carboxylic acids is 1. The predicted octanol–water partition coefficient (Wildman–Crippen LogP) is 1.85. The van der Waals surface area contributed by atoms with E-state index in [4.69, 9.17) is 5.11 Å². The third-order valence-corrected chi connectivity index (χ3v) is 5.11. The Bertz CT molecular complexity index is 649. The molecule has 2 aromatic heterocycles. The third-order valence-electron chi connectivity index (χ3n) is 2.70. The van der Waals surface area contributed by atoms with E-state index >= 15 is 0 Å². The van der Waals surface area contributed by atoms with Crippen LogP contribution in [-0.2, 0) is 4.79 Å². The fourth-order valence-corrected chi connectivity index (χ4v) is 3.54. The number of amides is 1. The Morgan fingerprint density at radius 3 is 2.83 bits per heavy atom. The van der Waals surface area contributed by atoms with Crippen LogP contribution in [0.4, 0.5) is 0 Å². The number of carboxylic acids is 1. The van der Waals surface area contributed by atoms with Gasteiger partial charge in [-0.25, -0.2) is 4.68 Å². The number of pyridine rings is 1. The van der Waals surface area contributed by atoms with Gasteiger partial charge in [0, 0.05) is 36.6 Å². The minimum absolute atomic E-state index is 0.147. The molecule has 0 spiro atoms. The van der Waals surface area contributed by atoms with Crippen molar-refractivity contribution in [1.82, 2.24) is 20.1 Å². The van der Waals surface area contributed by atoms with Gasteiger partial charge in [-0.1, -0.05) is 21.6 Å². The van der Waals surface area contributed by atoms with Gasteiger partial charge in [-0.3, -0.25) is 14.6 Å². The maximum absolute atomic E-state index is 12.0. The second-order valence-electron chi connectivity index (χ2n) is 4.39. The van der Waals surface area contributed by atoms with Gasteiger partial charge in [0.25, 0.3) is 5.91 Å². The highest BCUT2D eigenvalue weighted by Gasteiger charge is 2.08. The summed E-state index contributed by atoms with van der Waals surface area (Å²) in [5.41, 5.74) is 1.11. The molecule has 1 amide bonds. The highest BCUT2D eigenvalue weighted by Crippen LogP contribution is 2.20. The average Bonchev–Trinajstić information content (AvgIpc) is 3.08. The van der Waals surface area contributed by atoms with Gasteiger partial charge in [0.2, 0.25) is 0 Å². The standard InChI is InChI=1S/C14H16N4O3S2/c19-13(20)3-8-22-23-9-6-16-14(21)12-10-11(2-5-15-12)18-7-1-4-17-18/h1-2,4-5,7,10H,3,6,8-9H2,(H,16,21)(H,19,20). The van der Waals surface area contributed by atoms with Gasteiger partial charge in [-0.2, -0.15) is 5.10 Å². The van der Waals surface area contributed by atoms with Gasteiger partial charge in [0.15, 0.2) is 0 Å². The Morgan fingerprint density at radius 1 is 1.26 bits per heavy atom. The molecule has 122 valence electrons. The Labute approximate surface area is 141 Å². The van der Waals surface area contributed by atoms with E-state index in [-0.39, 0.29) is 12.3 Å². The van der Waals surface area contributed by atoms with E-state index in [9.17, 15) is 9.59 Å². The largest absolute Gasteiger partial charge is 0.481 e. The molecule has 0 atom stereocenters. The molecule has 0 aliphatic carbocycles. The molecule has 0 aromatic carbocycles. The summed E-state index contributed by atoms with van der Waals surface area (Å²) >= 11 is 0. The zero-order valence-electron chi connectivity index (χ0n) is 12.2. The number of carbonyl (C=O) groups is 2. The molecule has 0 saturated heterocycles. The summed E-state index contributed by atoms with van der Waals surface area (Å²) in [5.74, 6) is 0.223. The zero-order chi connectivity index (χ0) is 16.5. The van der Waals surface area contributed by atoms with Gasteiger partial charge in [0.1, 0.15) is 5.69 Å². The number of rotatable bonds is 9. The summed E-state index contributed by atoms with van der Waals surface area (Å²) in [7, 11) is 3.02. The number of carboxylic acid groups (broad SMARTS) is 1. The van der Waals surface area contributed by atoms with Crippen molar-refractivity contribution < 1.29 is 14.7 Å². The van der Waals surface area contributed by atoms with Gasteiger partial charge in [-0.05, 0) is 18.2 Å². The number of hydrogen-bond donors (Lipinski definition) is 2. The van der Waals surface area contributed by atoms with Crippen molar-refractivity contribution in [3.63, 3.8) is 0 Å². The topological polar surface area (TPSA) is 97.1 Å². The number of nitrogens with one attached hydrogen (secondary N) is 1. The molecule has 0 aliphatic heterocycles. The van der Waals surface area contributed by atoms with Crippen LogP contribution < -0.4 is 5.32 Å². The molecule has 0 aliphatic rings. The van der Waals surface area contributed by atoms with Crippen LogP contribution in [0.5, 0.6) is 0 Å². The van der Waals surface area contributed by atoms with Crippen LogP contribution in [0.1, 0.15) is 16.9 Å². The molecule has 7 nitrogen and oxygen atoms in total. The second kappa shape index (κ2) is 9.21. The Balaban J connectivity index is 1.74. The summed E-state index contributed by atoms with van der Waals surface area (Å²) in [6.45, 7) is 0.497. The van der Waals surface area contributed by atoms with Gasteiger partial charge in [0.05, 0.1) is 12.1 Å². The SMILES string of the molecule is O=C(O)CCSSCCNC(=O)c1cc(-n2cccn2)ccn1. The van der Waals surface area contributed by atoms with Crippen LogP contribution in [0.15, 0.2) is 36.8 Å². The average molecular weight is 352 g/mol. The monoisotopic (exact) mass is 352 g/mol. The van der Waals surface area contributed by atoms with Crippen molar-refractivity contribution in [1.29, 1.82) is 0 Å². The molecule has 9 heteroatoms. The molecule has 0 saturated carbocycles. The first-order valence-corrected chi connectivity index (χ1v) is 9.36. The smallest absolute Gasteiger partial charge is 0.304 e. The maximum atomic E-state index is 12.0. The first kappa shape index (κ1) is 17.4. The van der Waals surface area contributed by atoms with Gasteiger partial charge < -0.3 is 10.4 Å². The van der Waals surface area contributed by atoms with Gasteiger partial charge in [-0.15, -0.1) is 0 Å². The minimum atomic E-state index is -0.797. The van der Waals surface area contributed by atoms with Crippen molar-refractivity contribution in [3.05, 3.63) is 42.5 Å². The van der Waals surface area contributed by atoms with Crippen LogP contribution in [0.3, 0.4) is 0 Å². The van der Waals surface area contributed by atoms with E-state index in [2.05, 4.69) is 15.4 Å². The summed E-state index contributed by atoms with van der Waals surface area (Å²) < 4.78 is 1.66. The molecule has 0 fully saturated rings. The predicted molar refractivity (Wildman–Crippen MR) is 90.9 cm³/mol. The lowest BCUT2D eigenvalue weighted by Crippen LogP contribution is -2.26. The summed E-state index contributed by atoms with van der Waals surface area (Å²) in [5, 5.41) is 15.4. The van der Waals surface area contributed by atoms with E-state index < -0.39 is 5.97 Å². The Kier molecular flexibility index (Phi) is 6.95. The van der Waals surface area contributed by atoms with Crippen LogP contribution in [0.2, 0.25) is 0 Å². The summed E-state index contributed by atoms with van der Waals surface area (Å²) in [6.07, 6.45) is 5.18. The molecule has 0 bridgehead atoms. The molecule has 0 radical (unpaired) electrons. The zero-order valence-corrected chi connectivity index (χ0v) is 13.8. The fourth-order valence-electron chi connectivity index (χ4n) is 1.65. The van der Waals surface area contributed by atoms with E-state index in [1.54, 1.807) is 41.5 Å². The van der Waals surface area contributed by atoms with Gasteiger partial charge >= 0.3 is 5.97 Å². The Hall–Kier alpha value is -2.00. The highest BCUT2D eigenvalue weighted by molar-refractivity contribution is 8.76. The number of hydrogen-bond acceptors (Lipinski definition) is 6. The van der Waals surface area contributed by atoms with E-state index in [1.807, 2.05) is 0 Å². The number of nitrogens with zero attached hydrogens (tertiary/aromatic N) is 3. The molecular formula is C14H16N4O3S2. The number of aromatic nitrogens is 3. The molecule has 0 unspecified atom stereocenters. The van der Waals surface area contributed by atoms with Crippen molar-refractivity contribution in [2.45, 2.75) is 6.42 Å². The minimum Gasteiger partial charge on any atom is -0.481 e. The van der Waals surface area contributed by atoms with Crippen LogP contribution >= 0.6 is 21.6 Å². The lowest BCUT2D eigenvalue weighted by atomic mass is 10.3. The first-order chi connectivity index (χ1) is 11.2. The lowest BCUT2D eigenvalue weighted by Gasteiger charge is -2.06. The summed E-state index contributed by atoms with van der Waals surface area (Å²) in [4.78, 5) is 26.5. The van der Waals surface area contributed by atoms with Crippen molar-refractivity contribution in [3.8, 4) is 5.69 Å².